The molecule has 1 aromatic rings. The van der Waals surface area contributed by atoms with Crippen molar-refractivity contribution in [2.45, 2.75) is 19.6 Å². The first-order valence-corrected chi connectivity index (χ1v) is 5.59. The van der Waals surface area contributed by atoms with E-state index < -0.39 is 11.7 Å². The Morgan fingerprint density at radius 2 is 1.94 bits per heavy atom. The summed E-state index contributed by atoms with van der Waals surface area (Å²) in [6, 6.07) is 3.82. The van der Waals surface area contributed by atoms with E-state index in [1.54, 1.807) is 6.92 Å². The van der Waals surface area contributed by atoms with Gasteiger partial charge in [0.05, 0.1) is 12.2 Å². The van der Waals surface area contributed by atoms with Crippen molar-refractivity contribution in [1.29, 1.82) is 0 Å². The Balaban J connectivity index is 2.82. The lowest BCUT2D eigenvalue weighted by molar-refractivity contribution is -0.139. The highest BCUT2D eigenvalue weighted by molar-refractivity contribution is 5.39. The fourth-order valence-electron chi connectivity index (χ4n) is 1.41. The van der Waals surface area contributed by atoms with Crippen LogP contribution in [0, 0.1) is 0 Å². The van der Waals surface area contributed by atoms with Gasteiger partial charge in [0.15, 0.2) is 0 Å². The number of alkyl halides is 3. The Hall–Kier alpha value is -1.27. The number of ether oxygens (including phenoxy) is 2. The molecule has 102 valence electrons. The fraction of sp³-hybridized carbons (Fsp3) is 0.500. The Bertz CT molecular complexity index is 380. The molecule has 0 aliphatic heterocycles. The molecule has 0 atom stereocenters. The number of hydrogen-bond acceptors (Lipinski definition) is 3. The molecule has 6 heteroatoms. The average molecular weight is 263 g/mol. The van der Waals surface area contributed by atoms with Gasteiger partial charge in [0.1, 0.15) is 12.4 Å². The Labute approximate surface area is 104 Å². The first-order valence-electron chi connectivity index (χ1n) is 5.59. The molecule has 0 bridgehead atoms. The Morgan fingerprint density at radius 3 is 2.50 bits per heavy atom. The van der Waals surface area contributed by atoms with Gasteiger partial charge in [-0.15, -0.1) is 0 Å². The van der Waals surface area contributed by atoms with Crippen LogP contribution in [0.5, 0.6) is 5.75 Å². The van der Waals surface area contributed by atoms with Gasteiger partial charge in [0.2, 0.25) is 0 Å². The van der Waals surface area contributed by atoms with Crippen LogP contribution in [0.25, 0.3) is 0 Å². The van der Waals surface area contributed by atoms with E-state index in [1.165, 1.54) is 12.1 Å². The lowest BCUT2D eigenvalue weighted by Crippen LogP contribution is -2.13. The molecule has 3 nitrogen and oxygen atoms in total. The van der Waals surface area contributed by atoms with E-state index in [9.17, 15) is 13.2 Å². The molecule has 0 heterocycles. The minimum absolute atomic E-state index is 0.0578. The quantitative estimate of drug-likeness (QED) is 0.802. The zero-order valence-electron chi connectivity index (χ0n) is 10.1. The van der Waals surface area contributed by atoms with Gasteiger partial charge < -0.3 is 15.2 Å². The van der Waals surface area contributed by atoms with Crippen LogP contribution in [0.15, 0.2) is 18.2 Å². The van der Waals surface area contributed by atoms with Crippen LogP contribution in [-0.2, 0) is 17.5 Å². The molecule has 0 unspecified atom stereocenters. The van der Waals surface area contributed by atoms with Crippen LogP contribution in [0.4, 0.5) is 13.2 Å². The topological polar surface area (TPSA) is 44.5 Å². The van der Waals surface area contributed by atoms with Gasteiger partial charge in [0.25, 0.3) is 0 Å². The molecular weight excluding hydrogens is 247 g/mol. The van der Waals surface area contributed by atoms with Crippen LogP contribution in [0.3, 0.4) is 0 Å². The molecule has 0 aliphatic rings. The highest BCUT2D eigenvalue weighted by atomic mass is 19.4. The summed E-state index contributed by atoms with van der Waals surface area (Å²) in [5.41, 5.74) is 4.94. The van der Waals surface area contributed by atoms with Gasteiger partial charge >= 0.3 is 6.18 Å². The third-order valence-corrected chi connectivity index (χ3v) is 2.27. The van der Waals surface area contributed by atoms with Crippen LogP contribution >= 0.6 is 0 Å². The van der Waals surface area contributed by atoms with E-state index in [0.717, 1.165) is 6.07 Å². The lowest BCUT2D eigenvalue weighted by atomic mass is 10.1. The van der Waals surface area contributed by atoms with Crippen molar-refractivity contribution in [1.82, 2.24) is 0 Å². The van der Waals surface area contributed by atoms with Crippen molar-refractivity contribution in [2.24, 2.45) is 5.73 Å². The molecule has 18 heavy (non-hydrogen) atoms. The predicted octanol–water partition coefficient (Wildman–Crippen LogP) is 2.58. The van der Waals surface area contributed by atoms with E-state index >= 15 is 0 Å². The minimum Gasteiger partial charge on any atom is -0.491 e. The van der Waals surface area contributed by atoms with Gasteiger partial charge in [0, 0.05) is 13.2 Å². The summed E-state index contributed by atoms with van der Waals surface area (Å²) in [5, 5.41) is 0. The summed E-state index contributed by atoms with van der Waals surface area (Å²) >= 11 is 0. The highest BCUT2D eigenvalue weighted by Crippen LogP contribution is 2.36. The smallest absolute Gasteiger partial charge is 0.419 e. The van der Waals surface area contributed by atoms with Crippen molar-refractivity contribution in [3.63, 3.8) is 0 Å². The number of halogens is 3. The molecule has 0 saturated carbocycles. The second-order valence-electron chi connectivity index (χ2n) is 3.58. The van der Waals surface area contributed by atoms with Crippen LogP contribution in [0.2, 0.25) is 0 Å². The normalized spacial score (nSPS) is 11.6. The van der Waals surface area contributed by atoms with E-state index in [1.807, 2.05) is 0 Å². The van der Waals surface area contributed by atoms with Gasteiger partial charge in [-0.1, -0.05) is 6.07 Å². The van der Waals surface area contributed by atoms with Crippen molar-refractivity contribution in [2.75, 3.05) is 19.8 Å². The molecule has 1 aromatic carbocycles. The van der Waals surface area contributed by atoms with Gasteiger partial charge in [-0.25, -0.2) is 0 Å². The fourth-order valence-corrected chi connectivity index (χ4v) is 1.41. The zero-order valence-corrected chi connectivity index (χ0v) is 10.1. The molecule has 2 N–H and O–H groups in total. The molecular formula is C12H16F3NO2. The first-order chi connectivity index (χ1) is 8.49. The van der Waals surface area contributed by atoms with E-state index in [2.05, 4.69) is 0 Å². The molecule has 0 amide bonds. The van der Waals surface area contributed by atoms with Gasteiger partial charge in [-0.05, 0) is 24.6 Å². The summed E-state index contributed by atoms with van der Waals surface area (Å²) < 4.78 is 48.4. The third kappa shape index (κ3) is 4.19. The average Bonchev–Trinajstić information content (AvgIpc) is 2.33. The monoisotopic (exact) mass is 263 g/mol. The first kappa shape index (κ1) is 14.8. The summed E-state index contributed by atoms with van der Waals surface area (Å²) in [6.07, 6.45) is -4.45. The molecule has 0 fully saturated rings. The number of benzene rings is 1. The van der Waals surface area contributed by atoms with Crippen LogP contribution in [0.1, 0.15) is 18.1 Å². The molecule has 0 aliphatic carbocycles. The number of rotatable bonds is 6. The summed E-state index contributed by atoms with van der Waals surface area (Å²) in [4.78, 5) is 0. The van der Waals surface area contributed by atoms with Gasteiger partial charge in [-0.3, -0.25) is 0 Å². The summed E-state index contributed by atoms with van der Waals surface area (Å²) in [7, 11) is 0. The van der Waals surface area contributed by atoms with Crippen molar-refractivity contribution in [3.8, 4) is 5.75 Å². The largest absolute Gasteiger partial charge is 0.491 e. The van der Waals surface area contributed by atoms with Crippen LogP contribution < -0.4 is 10.5 Å². The van der Waals surface area contributed by atoms with Crippen molar-refractivity contribution in [3.05, 3.63) is 29.3 Å². The van der Waals surface area contributed by atoms with Crippen molar-refractivity contribution >= 4 is 0 Å². The second kappa shape index (κ2) is 6.61. The molecule has 0 radical (unpaired) electrons. The Kier molecular flexibility index (Phi) is 5.43. The van der Waals surface area contributed by atoms with E-state index in [0.29, 0.717) is 12.2 Å². The standard InChI is InChI=1S/C12H16F3NO2/c1-2-17-5-6-18-11-4-3-9(8-16)7-10(11)12(13,14)15/h3-4,7H,2,5-6,8,16H2,1H3. The van der Waals surface area contributed by atoms with Crippen LogP contribution in [-0.4, -0.2) is 19.8 Å². The van der Waals surface area contributed by atoms with E-state index in [4.69, 9.17) is 15.2 Å². The van der Waals surface area contributed by atoms with Crippen molar-refractivity contribution < 1.29 is 22.6 Å². The van der Waals surface area contributed by atoms with Gasteiger partial charge in [-0.2, -0.15) is 13.2 Å². The SMILES string of the molecule is CCOCCOc1ccc(CN)cc1C(F)(F)F. The Morgan fingerprint density at radius 1 is 1.22 bits per heavy atom. The number of hydrogen-bond donors (Lipinski definition) is 1. The predicted molar refractivity (Wildman–Crippen MR) is 61.3 cm³/mol. The maximum absolute atomic E-state index is 12.8. The summed E-state index contributed by atoms with van der Waals surface area (Å²) in [5.74, 6) is -0.195. The maximum Gasteiger partial charge on any atom is 0.419 e. The molecule has 1 rings (SSSR count). The lowest BCUT2D eigenvalue weighted by Gasteiger charge is -2.15. The summed E-state index contributed by atoms with van der Waals surface area (Å²) in [6.45, 7) is 2.70. The third-order valence-electron chi connectivity index (χ3n) is 2.27. The minimum atomic E-state index is -4.45. The molecule has 0 spiro atoms. The molecule has 0 saturated heterocycles. The second-order valence-corrected chi connectivity index (χ2v) is 3.58. The van der Waals surface area contributed by atoms with E-state index in [-0.39, 0.29) is 25.5 Å². The maximum atomic E-state index is 12.8. The highest BCUT2D eigenvalue weighted by Gasteiger charge is 2.34. The zero-order chi connectivity index (χ0) is 13.6. The molecule has 0 aromatic heterocycles. The number of nitrogens with two attached hydrogens (primary N) is 1.